The molecule has 2 aromatic carbocycles. The van der Waals surface area contributed by atoms with Gasteiger partial charge in [-0.15, -0.1) is 6.58 Å². The number of aromatic nitrogens is 1. The van der Waals surface area contributed by atoms with Crippen molar-refractivity contribution < 1.29 is 14.0 Å². The Balaban J connectivity index is 1.67. The molecule has 4 rings (SSSR count). The van der Waals surface area contributed by atoms with Crippen molar-refractivity contribution in [2.75, 3.05) is 19.6 Å². The number of rotatable bonds is 7. The Hall–Kier alpha value is -3.80. The van der Waals surface area contributed by atoms with Gasteiger partial charge in [0, 0.05) is 31.4 Å². The molecule has 5 nitrogen and oxygen atoms in total. The molecule has 0 bridgehead atoms. The van der Waals surface area contributed by atoms with E-state index in [1.165, 1.54) is 6.07 Å². The minimum absolute atomic E-state index is 0.137. The van der Waals surface area contributed by atoms with E-state index in [1.807, 2.05) is 24.3 Å². The third kappa shape index (κ3) is 4.70. The van der Waals surface area contributed by atoms with Crippen molar-refractivity contribution in [3.05, 3.63) is 103 Å². The maximum atomic E-state index is 14.6. The van der Waals surface area contributed by atoms with Crippen molar-refractivity contribution in [2.24, 2.45) is 5.41 Å². The largest absolute Gasteiger partial charge is 0.352 e. The second-order valence-corrected chi connectivity index (χ2v) is 8.28. The topological polar surface area (TPSA) is 62.3 Å². The molecular formula is C27H26FN3O2. The van der Waals surface area contributed by atoms with E-state index in [2.05, 4.69) is 16.9 Å². The van der Waals surface area contributed by atoms with Crippen LogP contribution >= 0.6 is 0 Å². The van der Waals surface area contributed by atoms with Crippen molar-refractivity contribution in [1.82, 2.24) is 15.2 Å². The molecular weight excluding hydrogens is 417 g/mol. The fourth-order valence-electron chi connectivity index (χ4n) is 4.44. The van der Waals surface area contributed by atoms with E-state index in [0.717, 1.165) is 11.1 Å². The molecule has 168 valence electrons. The number of hydrogen-bond donors (Lipinski definition) is 1. The first-order chi connectivity index (χ1) is 16.0. The molecule has 6 heteroatoms. The molecule has 0 aliphatic carbocycles. The lowest BCUT2D eigenvalue weighted by atomic mass is 9.78. The van der Waals surface area contributed by atoms with Crippen LogP contribution in [0.5, 0.6) is 0 Å². The van der Waals surface area contributed by atoms with E-state index in [1.54, 1.807) is 53.6 Å². The Morgan fingerprint density at radius 3 is 2.52 bits per heavy atom. The van der Waals surface area contributed by atoms with Crippen LogP contribution in [0.3, 0.4) is 0 Å². The second-order valence-electron chi connectivity index (χ2n) is 8.28. The molecule has 1 fully saturated rings. The lowest BCUT2D eigenvalue weighted by molar-refractivity contribution is -0.130. The van der Waals surface area contributed by atoms with Crippen LogP contribution in [0.2, 0.25) is 0 Å². The van der Waals surface area contributed by atoms with Crippen LogP contribution in [0, 0.1) is 11.2 Å². The van der Waals surface area contributed by atoms with E-state index in [9.17, 15) is 14.0 Å². The molecule has 1 saturated heterocycles. The standard InChI is InChI=1S/C27H26FN3O2/c1-2-15-30-26(33)27(14-17-31(19-27)25(32)24-13-7-8-16-29-24)18-20-9-3-4-10-21(20)22-11-5-6-12-23(22)28/h2-13,16H,1,14-15,17-19H2,(H,30,33)/t27-/m1/s1. The number of nitrogens with one attached hydrogen (secondary N) is 1. The Morgan fingerprint density at radius 1 is 1.06 bits per heavy atom. The van der Waals surface area contributed by atoms with Gasteiger partial charge in [-0.2, -0.15) is 0 Å². The number of amides is 2. The van der Waals surface area contributed by atoms with E-state index < -0.39 is 5.41 Å². The predicted molar refractivity (Wildman–Crippen MR) is 126 cm³/mol. The average molecular weight is 444 g/mol. The molecule has 1 atom stereocenters. The smallest absolute Gasteiger partial charge is 0.272 e. The number of carbonyl (C=O) groups is 2. The van der Waals surface area contributed by atoms with Crippen LogP contribution in [0.25, 0.3) is 11.1 Å². The summed E-state index contributed by atoms with van der Waals surface area (Å²) in [6.07, 6.45) is 4.09. The van der Waals surface area contributed by atoms with Crippen LogP contribution in [-0.2, 0) is 11.2 Å². The van der Waals surface area contributed by atoms with E-state index in [-0.39, 0.29) is 24.2 Å². The zero-order valence-corrected chi connectivity index (χ0v) is 18.3. The van der Waals surface area contributed by atoms with Gasteiger partial charge in [0.05, 0.1) is 5.41 Å². The fourth-order valence-corrected chi connectivity index (χ4v) is 4.44. The molecule has 1 aliphatic rings. The summed E-state index contributed by atoms with van der Waals surface area (Å²) >= 11 is 0. The summed E-state index contributed by atoms with van der Waals surface area (Å²) in [5.74, 6) is -0.646. The summed E-state index contributed by atoms with van der Waals surface area (Å²) in [6, 6.07) is 19.4. The van der Waals surface area contributed by atoms with Crippen molar-refractivity contribution >= 4 is 11.8 Å². The highest BCUT2D eigenvalue weighted by Crippen LogP contribution is 2.38. The van der Waals surface area contributed by atoms with Crippen LogP contribution < -0.4 is 5.32 Å². The van der Waals surface area contributed by atoms with Gasteiger partial charge in [-0.3, -0.25) is 14.6 Å². The lowest BCUT2D eigenvalue weighted by Crippen LogP contribution is -2.45. The summed E-state index contributed by atoms with van der Waals surface area (Å²) in [6.45, 7) is 4.72. The van der Waals surface area contributed by atoms with Crippen molar-refractivity contribution in [3.8, 4) is 11.1 Å². The first-order valence-electron chi connectivity index (χ1n) is 11.0. The zero-order valence-electron chi connectivity index (χ0n) is 18.3. The van der Waals surface area contributed by atoms with Crippen molar-refractivity contribution in [3.63, 3.8) is 0 Å². The van der Waals surface area contributed by atoms with Crippen LogP contribution in [0.1, 0.15) is 22.5 Å². The SMILES string of the molecule is C=CCNC(=O)[C@@]1(Cc2ccccc2-c2ccccc2F)CCN(C(=O)c2ccccn2)C1. The number of likely N-dealkylation sites (tertiary alicyclic amines) is 1. The highest BCUT2D eigenvalue weighted by molar-refractivity contribution is 5.94. The predicted octanol–water partition coefficient (Wildman–Crippen LogP) is 4.26. The third-order valence-electron chi connectivity index (χ3n) is 6.12. The number of hydrogen-bond acceptors (Lipinski definition) is 3. The Labute approximate surface area is 193 Å². The molecule has 1 aliphatic heterocycles. The lowest BCUT2D eigenvalue weighted by Gasteiger charge is -2.29. The fraction of sp³-hybridized carbons (Fsp3) is 0.222. The van der Waals surface area contributed by atoms with Gasteiger partial charge in [0.2, 0.25) is 5.91 Å². The summed E-state index contributed by atoms with van der Waals surface area (Å²) in [4.78, 5) is 32.2. The van der Waals surface area contributed by atoms with Gasteiger partial charge < -0.3 is 10.2 Å². The summed E-state index contributed by atoms with van der Waals surface area (Å²) < 4.78 is 14.6. The normalized spacial score (nSPS) is 17.5. The first-order valence-corrected chi connectivity index (χ1v) is 11.0. The monoisotopic (exact) mass is 443 g/mol. The molecule has 3 aromatic rings. The highest BCUT2D eigenvalue weighted by Gasteiger charge is 2.46. The van der Waals surface area contributed by atoms with Gasteiger partial charge in [0.1, 0.15) is 11.5 Å². The summed E-state index contributed by atoms with van der Waals surface area (Å²) in [5.41, 5.74) is 1.62. The van der Waals surface area contributed by atoms with E-state index in [4.69, 9.17) is 0 Å². The van der Waals surface area contributed by atoms with Crippen LogP contribution in [0.4, 0.5) is 4.39 Å². The molecule has 1 N–H and O–H groups in total. The molecule has 2 heterocycles. The number of halogens is 1. The molecule has 33 heavy (non-hydrogen) atoms. The first kappa shape index (κ1) is 22.4. The number of nitrogens with zero attached hydrogens (tertiary/aromatic N) is 2. The Kier molecular flexibility index (Phi) is 6.63. The van der Waals surface area contributed by atoms with Gasteiger partial charge in [0.25, 0.3) is 5.91 Å². The van der Waals surface area contributed by atoms with Crippen LogP contribution in [0.15, 0.2) is 85.6 Å². The van der Waals surface area contributed by atoms with E-state index >= 15 is 0 Å². The quantitative estimate of drug-likeness (QED) is 0.555. The molecule has 0 radical (unpaired) electrons. The molecule has 0 spiro atoms. The summed E-state index contributed by atoms with van der Waals surface area (Å²) in [7, 11) is 0. The molecule has 1 aromatic heterocycles. The zero-order chi connectivity index (χ0) is 23.3. The van der Waals surface area contributed by atoms with Crippen molar-refractivity contribution in [2.45, 2.75) is 12.8 Å². The minimum atomic E-state index is -0.838. The van der Waals surface area contributed by atoms with Crippen LogP contribution in [-0.4, -0.2) is 41.3 Å². The average Bonchev–Trinajstić information content (AvgIpc) is 3.28. The number of pyridine rings is 1. The molecule has 0 saturated carbocycles. The second kappa shape index (κ2) is 9.77. The van der Waals surface area contributed by atoms with Gasteiger partial charge in [-0.05, 0) is 42.2 Å². The maximum Gasteiger partial charge on any atom is 0.272 e. The summed E-state index contributed by atoms with van der Waals surface area (Å²) in [5, 5.41) is 2.92. The number of carbonyl (C=O) groups excluding carboxylic acids is 2. The van der Waals surface area contributed by atoms with Crippen molar-refractivity contribution in [1.29, 1.82) is 0 Å². The van der Waals surface area contributed by atoms with Gasteiger partial charge >= 0.3 is 0 Å². The van der Waals surface area contributed by atoms with E-state index in [0.29, 0.717) is 37.2 Å². The molecule has 2 amide bonds. The highest BCUT2D eigenvalue weighted by atomic mass is 19.1. The third-order valence-corrected chi connectivity index (χ3v) is 6.12. The Morgan fingerprint density at radius 2 is 1.79 bits per heavy atom. The van der Waals surface area contributed by atoms with Gasteiger partial charge in [-0.25, -0.2) is 4.39 Å². The van der Waals surface area contributed by atoms with Gasteiger partial charge in [0.15, 0.2) is 0 Å². The molecule has 0 unspecified atom stereocenters. The number of benzene rings is 2. The Bertz CT molecular complexity index is 1160. The minimum Gasteiger partial charge on any atom is -0.352 e. The van der Waals surface area contributed by atoms with Gasteiger partial charge in [-0.1, -0.05) is 54.6 Å². The maximum absolute atomic E-state index is 14.6.